The molecular formula is C13H17N5O3. The lowest BCUT2D eigenvalue weighted by Crippen LogP contribution is -2.28. The van der Waals surface area contributed by atoms with Gasteiger partial charge in [-0.25, -0.2) is 0 Å². The van der Waals surface area contributed by atoms with Crippen molar-refractivity contribution in [1.29, 1.82) is 0 Å². The van der Waals surface area contributed by atoms with Crippen LogP contribution in [-0.2, 0) is 11.2 Å². The van der Waals surface area contributed by atoms with Gasteiger partial charge in [-0.05, 0) is 24.6 Å². The highest BCUT2D eigenvalue weighted by Crippen LogP contribution is 2.27. The molecule has 0 saturated carbocycles. The number of nitrogens with zero attached hydrogens (tertiary/aromatic N) is 3. The lowest BCUT2D eigenvalue weighted by atomic mass is 10.1. The van der Waals surface area contributed by atoms with Gasteiger partial charge in [0.25, 0.3) is 0 Å². The maximum atomic E-state index is 12.0. The zero-order valence-electron chi connectivity index (χ0n) is 12.1. The van der Waals surface area contributed by atoms with Crippen molar-refractivity contribution in [3.8, 4) is 11.5 Å². The Labute approximate surface area is 121 Å². The molecule has 0 aliphatic rings. The van der Waals surface area contributed by atoms with Crippen LogP contribution >= 0.6 is 0 Å². The van der Waals surface area contributed by atoms with Gasteiger partial charge in [-0.1, -0.05) is 11.3 Å². The van der Waals surface area contributed by atoms with Crippen molar-refractivity contribution in [3.63, 3.8) is 0 Å². The molecule has 0 radical (unpaired) electrons. The summed E-state index contributed by atoms with van der Waals surface area (Å²) < 4.78 is 10.4. The number of carbonyl (C=O) groups excluding carboxylic acids is 1. The van der Waals surface area contributed by atoms with Crippen molar-refractivity contribution in [2.75, 3.05) is 14.2 Å². The van der Waals surface area contributed by atoms with Crippen LogP contribution < -0.4 is 14.8 Å². The highest BCUT2D eigenvalue weighted by atomic mass is 16.5. The van der Waals surface area contributed by atoms with Crippen LogP contribution in [0.3, 0.4) is 0 Å². The second-order valence-corrected chi connectivity index (χ2v) is 4.43. The highest BCUT2D eigenvalue weighted by molar-refractivity contribution is 5.79. The first-order chi connectivity index (χ1) is 10.1. The van der Waals surface area contributed by atoms with E-state index in [1.54, 1.807) is 33.3 Å². The van der Waals surface area contributed by atoms with Crippen molar-refractivity contribution in [2.24, 2.45) is 0 Å². The zero-order valence-corrected chi connectivity index (χ0v) is 12.1. The molecule has 0 saturated heterocycles. The standard InChI is InChI=1S/C13H17N5O3/c1-8(13-15-17-18-16-13)14-12(19)7-9-4-5-10(20-2)11(6-9)21-3/h4-6,8H,7H2,1-3H3,(H,14,19)(H,15,16,17,18). The molecule has 8 heteroatoms. The Bertz CT molecular complexity index is 600. The molecule has 2 aromatic rings. The molecule has 0 bridgehead atoms. The minimum Gasteiger partial charge on any atom is -0.493 e. The number of rotatable bonds is 6. The molecule has 0 fully saturated rings. The largest absolute Gasteiger partial charge is 0.493 e. The third kappa shape index (κ3) is 3.68. The summed E-state index contributed by atoms with van der Waals surface area (Å²) in [6.07, 6.45) is 0.225. The number of aromatic nitrogens is 4. The summed E-state index contributed by atoms with van der Waals surface area (Å²) in [7, 11) is 3.12. The number of aromatic amines is 1. The molecule has 0 aliphatic carbocycles. The number of nitrogens with one attached hydrogen (secondary N) is 2. The van der Waals surface area contributed by atoms with E-state index in [0.717, 1.165) is 5.56 Å². The molecular weight excluding hydrogens is 274 g/mol. The van der Waals surface area contributed by atoms with Gasteiger partial charge < -0.3 is 14.8 Å². The number of H-pyrrole nitrogens is 1. The normalized spacial score (nSPS) is 11.8. The Morgan fingerprint density at radius 1 is 1.33 bits per heavy atom. The van der Waals surface area contributed by atoms with Crippen LogP contribution in [0.2, 0.25) is 0 Å². The number of methoxy groups -OCH3 is 2. The fraction of sp³-hybridized carbons (Fsp3) is 0.385. The average Bonchev–Trinajstić information content (AvgIpc) is 3.01. The quantitative estimate of drug-likeness (QED) is 0.809. The third-order valence-corrected chi connectivity index (χ3v) is 2.94. The summed E-state index contributed by atoms with van der Waals surface area (Å²) in [5.41, 5.74) is 0.825. The zero-order chi connectivity index (χ0) is 15.2. The first kappa shape index (κ1) is 14.8. The Morgan fingerprint density at radius 2 is 2.10 bits per heavy atom. The molecule has 1 atom stereocenters. The van der Waals surface area contributed by atoms with E-state index in [2.05, 4.69) is 25.9 Å². The number of hydrogen-bond donors (Lipinski definition) is 2. The minimum atomic E-state index is -0.309. The minimum absolute atomic E-state index is 0.139. The third-order valence-electron chi connectivity index (χ3n) is 2.94. The first-order valence-corrected chi connectivity index (χ1v) is 6.37. The van der Waals surface area contributed by atoms with Crippen LogP contribution in [0.5, 0.6) is 11.5 Å². The van der Waals surface area contributed by atoms with E-state index < -0.39 is 0 Å². The van der Waals surface area contributed by atoms with E-state index in [9.17, 15) is 4.79 Å². The van der Waals surface area contributed by atoms with Crippen LogP contribution in [0.4, 0.5) is 0 Å². The Hall–Kier alpha value is -2.64. The van der Waals surface area contributed by atoms with Gasteiger partial charge in [0.05, 0.1) is 26.7 Å². The molecule has 112 valence electrons. The van der Waals surface area contributed by atoms with E-state index in [-0.39, 0.29) is 18.4 Å². The summed E-state index contributed by atoms with van der Waals surface area (Å²) >= 11 is 0. The number of amides is 1. The molecule has 1 unspecified atom stereocenters. The summed E-state index contributed by atoms with van der Waals surface area (Å²) in [6.45, 7) is 1.79. The van der Waals surface area contributed by atoms with E-state index in [1.165, 1.54) is 0 Å². The summed E-state index contributed by atoms with van der Waals surface area (Å²) in [5.74, 6) is 1.52. The average molecular weight is 291 g/mol. The van der Waals surface area contributed by atoms with Gasteiger partial charge in [-0.3, -0.25) is 4.79 Å². The first-order valence-electron chi connectivity index (χ1n) is 6.37. The van der Waals surface area contributed by atoms with Crippen LogP contribution in [0.1, 0.15) is 24.4 Å². The van der Waals surface area contributed by atoms with E-state index in [4.69, 9.17) is 9.47 Å². The molecule has 1 aromatic carbocycles. The second-order valence-electron chi connectivity index (χ2n) is 4.43. The molecule has 2 N–H and O–H groups in total. The maximum Gasteiger partial charge on any atom is 0.225 e. The van der Waals surface area contributed by atoms with Crippen molar-refractivity contribution in [2.45, 2.75) is 19.4 Å². The van der Waals surface area contributed by atoms with Crippen LogP contribution in [0.25, 0.3) is 0 Å². The monoisotopic (exact) mass is 291 g/mol. The van der Waals surface area contributed by atoms with Gasteiger partial charge in [-0.15, -0.1) is 10.2 Å². The second kappa shape index (κ2) is 6.69. The summed E-state index contributed by atoms with van der Waals surface area (Å²) in [4.78, 5) is 12.0. The van der Waals surface area contributed by atoms with Gasteiger partial charge in [0.1, 0.15) is 0 Å². The molecule has 1 amide bonds. The Morgan fingerprint density at radius 3 is 2.71 bits per heavy atom. The lowest BCUT2D eigenvalue weighted by molar-refractivity contribution is -0.121. The molecule has 1 aromatic heterocycles. The van der Waals surface area contributed by atoms with Crippen molar-refractivity contribution >= 4 is 5.91 Å². The van der Waals surface area contributed by atoms with Crippen LogP contribution in [-0.4, -0.2) is 40.8 Å². The number of ether oxygens (including phenoxy) is 2. The van der Waals surface area contributed by atoms with Crippen molar-refractivity contribution < 1.29 is 14.3 Å². The van der Waals surface area contributed by atoms with Crippen LogP contribution in [0.15, 0.2) is 18.2 Å². The van der Waals surface area contributed by atoms with E-state index in [1.807, 2.05) is 6.07 Å². The Balaban J connectivity index is 1.99. The molecule has 1 heterocycles. The van der Waals surface area contributed by atoms with Gasteiger partial charge in [-0.2, -0.15) is 5.21 Å². The molecule has 0 spiro atoms. The predicted octanol–water partition coefficient (Wildman–Crippen LogP) is 0.637. The van der Waals surface area contributed by atoms with Gasteiger partial charge in [0.15, 0.2) is 17.3 Å². The maximum absolute atomic E-state index is 12.0. The Kier molecular flexibility index (Phi) is 4.70. The number of carbonyl (C=O) groups is 1. The number of hydrogen-bond acceptors (Lipinski definition) is 6. The van der Waals surface area contributed by atoms with Crippen molar-refractivity contribution in [1.82, 2.24) is 25.9 Å². The fourth-order valence-electron chi connectivity index (χ4n) is 1.89. The topological polar surface area (TPSA) is 102 Å². The van der Waals surface area contributed by atoms with E-state index in [0.29, 0.717) is 17.3 Å². The van der Waals surface area contributed by atoms with E-state index >= 15 is 0 Å². The van der Waals surface area contributed by atoms with Gasteiger partial charge >= 0.3 is 0 Å². The molecule has 2 rings (SSSR count). The lowest BCUT2D eigenvalue weighted by Gasteiger charge is -2.12. The molecule has 0 aliphatic heterocycles. The summed E-state index contributed by atoms with van der Waals surface area (Å²) in [6, 6.07) is 5.05. The van der Waals surface area contributed by atoms with Crippen LogP contribution in [0, 0.1) is 0 Å². The predicted molar refractivity (Wildman–Crippen MR) is 74.0 cm³/mol. The van der Waals surface area contributed by atoms with Crippen molar-refractivity contribution in [3.05, 3.63) is 29.6 Å². The SMILES string of the molecule is COc1ccc(CC(=O)NC(C)c2nn[nH]n2)cc1OC. The molecule has 8 nitrogen and oxygen atoms in total. The van der Waals surface area contributed by atoms with Gasteiger partial charge in [0.2, 0.25) is 5.91 Å². The number of benzene rings is 1. The summed E-state index contributed by atoms with van der Waals surface area (Å²) in [5, 5.41) is 16.3. The number of tetrazole rings is 1. The fourth-order valence-corrected chi connectivity index (χ4v) is 1.89. The smallest absolute Gasteiger partial charge is 0.225 e. The molecule has 21 heavy (non-hydrogen) atoms. The highest BCUT2D eigenvalue weighted by Gasteiger charge is 2.14. The van der Waals surface area contributed by atoms with Gasteiger partial charge in [0, 0.05) is 0 Å².